The van der Waals surface area contributed by atoms with E-state index in [0.29, 0.717) is 6.04 Å². The van der Waals surface area contributed by atoms with E-state index in [-0.39, 0.29) is 0 Å². The van der Waals surface area contributed by atoms with Crippen molar-refractivity contribution in [3.63, 3.8) is 0 Å². The molecule has 3 rings (SSSR count). The van der Waals surface area contributed by atoms with Crippen LogP contribution in [0.1, 0.15) is 28.8 Å². The molecule has 0 spiro atoms. The van der Waals surface area contributed by atoms with Gasteiger partial charge in [0.25, 0.3) is 0 Å². The lowest BCUT2D eigenvalue weighted by molar-refractivity contribution is 0.115. The summed E-state index contributed by atoms with van der Waals surface area (Å²) in [7, 11) is 4.41. The topological polar surface area (TPSA) is 31.4 Å². The molecule has 1 aromatic heterocycles. The molecule has 1 N–H and O–H groups in total. The van der Waals surface area contributed by atoms with Gasteiger partial charge in [0.1, 0.15) is 5.01 Å². The van der Waals surface area contributed by atoms with Crippen LogP contribution in [0.5, 0.6) is 0 Å². The first-order valence-electron chi connectivity index (χ1n) is 6.79. The van der Waals surface area contributed by atoms with Crippen molar-refractivity contribution in [1.82, 2.24) is 20.1 Å². The van der Waals surface area contributed by atoms with Crippen LogP contribution in [-0.2, 0) is 6.54 Å². The van der Waals surface area contributed by atoms with Gasteiger partial charge in [-0.15, -0.1) is 11.3 Å². The second-order valence-corrected chi connectivity index (χ2v) is 6.73. The van der Waals surface area contributed by atoms with Crippen molar-refractivity contribution in [1.29, 1.82) is 0 Å². The largest absolute Gasteiger partial charge is 0.309 e. The van der Waals surface area contributed by atoms with E-state index >= 15 is 0 Å². The molecule has 2 aliphatic rings. The molecule has 4 nitrogen and oxygen atoms in total. The fraction of sp³-hybridized carbons (Fsp3) is 0.769. The number of aromatic nitrogens is 1. The Morgan fingerprint density at radius 2 is 2.22 bits per heavy atom. The lowest BCUT2D eigenvalue weighted by Gasteiger charge is -2.36. The molecule has 1 aliphatic heterocycles. The van der Waals surface area contributed by atoms with Crippen molar-refractivity contribution in [2.75, 3.05) is 33.7 Å². The van der Waals surface area contributed by atoms with Crippen molar-refractivity contribution in [2.45, 2.75) is 31.5 Å². The third kappa shape index (κ3) is 2.91. The molecule has 1 aromatic rings. The third-order valence-electron chi connectivity index (χ3n) is 3.85. The lowest BCUT2D eigenvalue weighted by Crippen LogP contribution is -2.44. The quantitative estimate of drug-likeness (QED) is 0.890. The Hall–Kier alpha value is -0.490. The second kappa shape index (κ2) is 5.25. The van der Waals surface area contributed by atoms with Gasteiger partial charge in [-0.3, -0.25) is 4.90 Å². The van der Waals surface area contributed by atoms with Gasteiger partial charge < -0.3 is 10.2 Å². The molecular weight excluding hydrogens is 244 g/mol. The zero-order valence-corrected chi connectivity index (χ0v) is 12.0. The van der Waals surface area contributed by atoms with Crippen LogP contribution < -0.4 is 5.32 Å². The van der Waals surface area contributed by atoms with Gasteiger partial charge in [-0.1, -0.05) is 0 Å². The first-order chi connectivity index (χ1) is 8.72. The van der Waals surface area contributed by atoms with Crippen LogP contribution in [0.2, 0.25) is 0 Å². The van der Waals surface area contributed by atoms with E-state index in [9.17, 15) is 0 Å². The Morgan fingerprint density at radius 3 is 3.00 bits per heavy atom. The van der Waals surface area contributed by atoms with Crippen LogP contribution >= 0.6 is 11.3 Å². The molecule has 1 unspecified atom stereocenters. The van der Waals surface area contributed by atoms with E-state index < -0.39 is 0 Å². The van der Waals surface area contributed by atoms with Crippen molar-refractivity contribution in [2.24, 2.45) is 0 Å². The van der Waals surface area contributed by atoms with E-state index in [4.69, 9.17) is 0 Å². The van der Waals surface area contributed by atoms with Crippen LogP contribution in [-0.4, -0.2) is 54.6 Å². The standard InChI is InChI=1S/C13H22N4S/c1-16-5-6-17(2)12(9-16)13-15-8-11(18-13)7-14-10-3-4-10/h8,10,12,14H,3-7,9H2,1-2H3. The summed E-state index contributed by atoms with van der Waals surface area (Å²) in [5.74, 6) is 0. The Kier molecular flexibility index (Phi) is 3.66. The highest BCUT2D eigenvalue weighted by Crippen LogP contribution is 2.28. The van der Waals surface area contributed by atoms with Crippen LogP contribution in [0.25, 0.3) is 0 Å². The smallest absolute Gasteiger partial charge is 0.111 e. The molecular formula is C13H22N4S. The number of piperazine rings is 1. The molecule has 0 radical (unpaired) electrons. The minimum atomic E-state index is 0.475. The Balaban J connectivity index is 1.63. The first kappa shape index (κ1) is 12.5. The van der Waals surface area contributed by atoms with Crippen molar-refractivity contribution in [3.8, 4) is 0 Å². The summed E-state index contributed by atoms with van der Waals surface area (Å²) in [5, 5.41) is 4.83. The average molecular weight is 266 g/mol. The summed E-state index contributed by atoms with van der Waals surface area (Å²) in [4.78, 5) is 10.8. The number of rotatable bonds is 4. The van der Waals surface area contributed by atoms with Gasteiger partial charge >= 0.3 is 0 Å². The number of nitrogens with zero attached hydrogens (tertiary/aromatic N) is 3. The van der Waals surface area contributed by atoms with Gasteiger partial charge in [0.2, 0.25) is 0 Å². The highest BCUT2D eigenvalue weighted by molar-refractivity contribution is 7.11. The highest BCUT2D eigenvalue weighted by Gasteiger charge is 2.26. The Labute approximate surface area is 113 Å². The van der Waals surface area contributed by atoms with Crippen molar-refractivity contribution >= 4 is 11.3 Å². The fourth-order valence-electron chi connectivity index (χ4n) is 2.37. The van der Waals surface area contributed by atoms with E-state index in [0.717, 1.165) is 32.2 Å². The molecule has 18 heavy (non-hydrogen) atoms. The van der Waals surface area contributed by atoms with Crippen molar-refractivity contribution < 1.29 is 0 Å². The summed E-state index contributed by atoms with van der Waals surface area (Å²) in [6.45, 7) is 4.39. The SMILES string of the molecule is CN1CCN(C)C(c2ncc(CNC3CC3)s2)C1. The highest BCUT2D eigenvalue weighted by atomic mass is 32.1. The van der Waals surface area contributed by atoms with Gasteiger partial charge in [0.05, 0.1) is 6.04 Å². The third-order valence-corrected chi connectivity index (χ3v) is 4.95. The molecule has 0 amide bonds. The number of likely N-dealkylation sites (N-methyl/N-ethyl adjacent to an activating group) is 2. The van der Waals surface area contributed by atoms with E-state index in [1.54, 1.807) is 0 Å². The number of thiazole rings is 1. The van der Waals surface area contributed by atoms with Gasteiger partial charge in [-0.05, 0) is 26.9 Å². The first-order valence-corrected chi connectivity index (χ1v) is 7.61. The second-order valence-electron chi connectivity index (χ2n) is 5.58. The maximum Gasteiger partial charge on any atom is 0.111 e. The molecule has 5 heteroatoms. The van der Waals surface area contributed by atoms with E-state index in [1.807, 2.05) is 11.3 Å². The van der Waals surface area contributed by atoms with Crippen LogP contribution in [0.4, 0.5) is 0 Å². The maximum absolute atomic E-state index is 4.63. The van der Waals surface area contributed by atoms with Gasteiger partial charge in [-0.2, -0.15) is 0 Å². The normalized spacial score (nSPS) is 26.7. The van der Waals surface area contributed by atoms with Gasteiger partial charge in [0.15, 0.2) is 0 Å². The fourth-order valence-corrected chi connectivity index (χ4v) is 3.39. The molecule has 2 heterocycles. The zero-order valence-electron chi connectivity index (χ0n) is 11.2. The predicted octanol–water partition coefficient (Wildman–Crippen LogP) is 1.31. The molecule has 1 saturated heterocycles. The summed E-state index contributed by atoms with van der Waals surface area (Å²) < 4.78 is 0. The zero-order chi connectivity index (χ0) is 12.5. The molecule has 0 bridgehead atoms. The maximum atomic E-state index is 4.63. The molecule has 0 aromatic carbocycles. The minimum absolute atomic E-state index is 0.475. The molecule has 100 valence electrons. The molecule has 1 saturated carbocycles. The number of hydrogen-bond acceptors (Lipinski definition) is 5. The summed E-state index contributed by atoms with van der Waals surface area (Å²) in [6, 6.07) is 1.25. The monoisotopic (exact) mass is 266 g/mol. The van der Waals surface area contributed by atoms with Crippen LogP contribution in [0.15, 0.2) is 6.20 Å². The summed E-state index contributed by atoms with van der Waals surface area (Å²) >= 11 is 1.87. The Morgan fingerprint density at radius 1 is 1.39 bits per heavy atom. The van der Waals surface area contributed by atoms with E-state index in [2.05, 4.69) is 40.4 Å². The van der Waals surface area contributed by atoms with Crippen LogP contribution in [0, 0.1) is 0 Å². The predicted molar refractivity (Wildman–Crippen MR) is 74.8 cm³/mol. The molecule has 1 aliphatic carbocycles. The summed E-state index contributed by atoms with van der Waals surface area (Å²) in [5.41, 5.74) is 0. The van der Waals surface area contributed by atoms with Crippen molar-refractivity contribution in [3.05, 3.63) is 16.1 Å². The van der Waals surface area contributed by atoms with Gasteiger partial charge in [0, 0.05) is 43.3 Å². The minimum Gasteiger partial charge on any atom is -0.309 e. The Bertz CT molecular complexity index is 401. The molecule has 2 fully saturated rings. The van der Waals surface area contributed by atoms with E-state index in [1.165, 1.54) is 22.7 Å². The average Bonchev–Trinajstić information content (AvgIpc) is 3.08. The summed E-state index contributed by atoms with van der Waals surface area (Å²) in [6.07, 6.45) is 4.75. The van der Waals surface area contributed by atoms with Gasteiger partial charge in [-0.25, -0.2) is 4.98 Å². The number of nitrogens with one attached hydrogen (secondary N) is 1. The molecule has 1 atom stereocenters. The number of hydrogen-bond donors (Lipinski definition) is 1. The van der Waals surface area contributed by atoms with Crippen LogP contribution in [0.3, 0.4) is 0 Å². The lowest BCUT2D eigenvalue weighted by atomic mass is 10.2.